The van der Waals surface area contributed by atoms with E-state index in [2.05, 4.69) is 118 Å². The molecule has 1 fully saturated rings. The Hall–Kier alpha value is -2.54. The molecule has 7 heteroatoms. The largest absolute Gasteiger partial charge is 0.401 e. The van der Waals surface area contributed by atoms with Crippen LogP contribution in [0.25, 0.3) is 0 Å². The summed E-state index contributed by atoms with van der Waals surface area (Å²) in [5.74, 6) is 6.61. The van der Waals surface area contributed by atoms with E-state index in [-0.39, 0.29) is 30.3 Å². The van der Waals surface area contributed by atoms with Gasteiger partial charge in [0.15, 0.2) is 6.29 Å². The maximum absolute atomic E-state index is 7.58. The summed E-state index contributed by atoms with van der Waals surface area (Å²) in [6.45, 7) is 10.8. The summed E-state index contributed by atoms with van der Waals surface area (Å²) in [6.07, 6.45) is 9.78. The highest BCUT2D eigenvalue weighted by Gasteiger charge is 2.52. The molecular weight excluding hydrogens is 568 g/mol. The van der Waals surface area contributed by atoms with Crippen LogP contribution in [0, 0.1) is 11.8 Å². The average Bonchev–Trinajstić information content (AvgIpc) is 3.03. The van der Waals surface area contributed by atoms with Crippen molar-refractivity contribution >= 4 is 18.7 Å². The summed E-state index contributed by atoms with van der Waals surface area (Å²) >= 11 is 0. The SMILES string of the molecule is COCO[C@@H](/C=C/[C@@H]1CC(C)=CCO1)[C@H](CC#CCOC1CCCCO1)O[Si](c1ccccc1)(c1ccccc1)C(C)(C)C. The first kappa shape index (κ1) is 34.3. The summed E-state index contributed by atoms with van der Waals surface area (Å²) in [4.78, 5) is 0. The van der Waals surface area contributed by atoms with Gasteiger partial charge in [-0.2, -0.15) is 0 Å². The van der Waals surface area contributed by atoms with Gasteiger partial charge in [0.25, 0.3) is 8.32 Å². The van der Waals surface area contributed by atoms with Crippen LogP contribution < -0.4 is 10.4 Å². The van der Waals surface area contributed by atoms with Crippen molar-refractivity contribution in [2.75, 3.05) is 33.7 Å². The van der Waals surface area contributed by atoms with Crippen LogP contribution in [-0.4, -0.2) is 66.6 Å². The molecule has 0 aromatic heterocycles. The summed E-state index contributed by atoms with van der Waals surface area (Å²) in [7, 11) is -1.26. The van der Waals surface area contributed by atoms with Gasteiger partial charge in [0.1, 0.15) is 19.5 Å². The van der Waals surface area contributed by atoms with E-state index in [9.17, 15) is 0 Å². The van der Waals surface area contributed by atoms with Gasteiger partial charge in [0.05, 0.1) is 18.8 Å². The van der Waals surface area contributed by atoms with Crippen LogP contribution in [-0.2, 0) is 28.1 Å². The lowest BCUT2D eigenvalue weighted by molar-refractivity contribution is -0.154. The van der Waals surface area contributed by atoms with Gasteiger partial charge in [-0.05, 0) is 48.0 Å². The van der Waals surface area contributed by atoms with Gasteiger partial charge in [-0.15, -0.1) is 0 Å². The topological polar surface area (TPSA) is 55.4 Å². The first-order chi connectivity index (χ1) is 21.3. The normalized spacial score (nSPS) is 20.9. The van der Waals surface area contributed by atoms with Crippen molar-refractivity contribution in [3.8, 4) is 11.8 Å². The molecule has 6 nitrogen and oxygen atoms in total. The Morgan fingerprint density at radius 2 is 1.68 bits per heavy atom. The molecule has 1 saturated heterocycles. The molecule has 2 heterocycles. The molecule has 2 aliphatic rings. The molecule has 0 amide bonds. The zero-order valence-corrected chi connectivity index (χ0v) is 28.1. The number of ether oxygens (including phenoxy) is 5. The Kier molecular flexibility index (Phi) is 13.4. The number of methoxy groups -OCH3 is 1. The third kappa shape index (κ3) is 9.48. The second-order valence-electron chi connectivity index (χ2n) is 12.5. The van der Waals surface area contributed by atoms with Gasteiger partial charge < -0.3 is 28.1 Å². The average molecular weight is 619 g/mol. The summed E-state index contributed by atoms with van der Waals surface area (Å²) in [5, 5.41) is 2.22. The fraction of sp³-hybridized carbons (Fsp3) is 0.514. The molecule has 4 rings (SSSR count). The van der Waals surface area contributed by atoms with Crippen molar-refractivity contribution in [2.24, 2.45) is 0 Å². The van der Waals surface area contributed by atoms with Crippen LogP contribution in [0.15, 0.2) is 84.5 Å². The van der Waals surface area contributed by atoms with Crippen LogP contribution >= 0.6 is 0 Å². The van der Waals surface area contributed by atoms with Crippen molar-refractivity contribution in [1.29, 1.82) is 0 Å². The Balaban J connectivity index is 1.70. The molecule has 0 saturated carbocycles. The minimum absolute atomic E-state index is 0.0165. The fourth-order valence-corrected chi connectivity index (χ4v) is 10.6. The second kappa shape index (κ2) is 17.2. The Morgan fingerprint density at radius 1 is 0.977 bits per heavy atom. The van der Waals surface area contributed by atoms with Crippen molar-refractivity contribution in [1.82, 2.24) is 0 Å². The van der Waals surface area contributed by atoms with Gasteiger partial charge >= 0.3 is 0 Å². The van der Waals surface area contributed by atoms with E-state index in [1.165, 1.54) is 15.9 Å². The van der Waals surface area contributed by atoms with E-state index < -0.39 is 14.4 Å². The number of rotatable bonds is 13. The first-order valence-corrected chi connectivity index (χ1v) is 17.8. The lowest BCUT2D eigenvalue weighted by atomic mass is 10.0. The molecule has 2 aromatic carbocycles. The maximum Gasteiger partial charge on any atom is 0.261 e. The van der Waals surface area contributed by atoms with Crippen molar-refractivity contribution < 1.29 is 28.1 Å². The molecule has 0 spiro atoms. The molecule has 2 aromatic rings. The van der Waals surface area contributed by atoms with E-state index in [1.54, 1.807) is 7.11 Å². The summed E-state index contributed by atoms with van der Waals surface area (Å²) in [6, 6.07) is 21.3. The van der Waals surface area contributed by atoms with Crippen molar-refractivity contribution in [3.63, 3.8) is 0 Å². The Bertz CT molecular complexity index is 1200. The zero-order valence-electron chi connectivity index (χ0n) is 27.1. The molecule has 0 N–H and O–H groups in total. The van der Waals surface area contributed by atoms with Crippen LogP contribution in [0.1, 0.15) is 59.8 Å². The minimum Gasteiger partial charge on any atom is -0.401 e. The lowest BCUT2D eigenvalue weighted by Crippen LogP contribution is -2.68. The van der Waals surface area contributed by atoms with Crippen molar-refractivity contribution in [2.45, 2.75) is 89.4 Å². The zero-order chi connectivity index (χ0) is 31.3. The molecule has 44 heavy (non-hydrogen) atoms. The fourth-order valence-electron chi connectivity index (χ4n) is 5.91. The van der Waals surface area contributed by atoms with E-state index in [4.69, 9.17) is 28.1 Å². The predicted octanol–water partition coefficient (Wildman–Crippen LogP) is 6.15. The molecule has 238 valence electrons. The van der Waals surface area contributed by atoms with Crippen LogP contribution in [0.2, 0.25) is 5.04 Å². The quantitative estimate of drug-likeness (QED) is 0.116. The maximum atomic E-state index is 7.58. The highest BCUT2D eigenvalue weighted by molar-refractivity contribution is 6.99. The van der Waals surface area contributed by atoms with E-state index in [1.807, 2.05) is 0 Å². The monoisotopic (exact) mass is 618 g/mol. The first-order valence-electron chi connectivity index (χ1n) is 15.9. The summed E-state index contributed by atoms with van der Waals surface area (Å²) in [5.41, 5.74) is 1.33. The van der Waals surface area contributed by atoms with Gasteiger partial charge in [0.2, 0.25) is 0 Å². The van der Waals surface area contributed by atoms with E-state index in [0.717, 1.165) is 32.3 Å². The van der Waals surface area contributed by atoms with Crippen molar-refractivity contribution in [3.05, 3.63) is 84.5 Å². The number of hydrogen-bond donors (Lipinski definition) is 0. The lowest BCUT2D eigenvalue weighted by Gasteiger charge is -2.46. The molecule has 1 unspecified atom stereocenters. The Morgan fingerprint density at radius 3 is 2.27 bits per heavy atom. The number of benzene rings is 2. The van der Waals surface area contributed by atoms with Gasteiger partial charge in [0, 0.05) is 20.1 Å². The van der Waals surface area contributed by atoms with E-state index >= 15 is 0 Å². The molecular formula is C37H50O6Si. The molecule has 0 aliphatic carbocycles. The molecule has 0 radical (unpaired) electrons. The summed E-state index contributed by atoms with van der Waals surface area (Å²) < 4.78 is 37.0. The third-order valence-electron chi connectivity index (χ3n) is 8.18. The standard InChI is InChI=1S/C37H50O6Si/c1-30-24-27-39-31(28-30)22-23-34(42-29-38-5)35(20-12-14-25-40-36-21-13-15-26-41-36)43-44(37(2,3)4,32-16-8-6-9-17-32)33-18-10-7-11-19-33/h6-11,16-19,22-24,31,34-36H,13,15,20-21,25-29H2,1-5H3/b23-22+/t31-,34+,35+,36?/m1/s1. The van der Waals surface area contributed by atoms with Crippen LogP contribution in [0.4, 0.5) is 0 Å². The molecule has 4 atom stereocenters. The highest BCUT2D eigenvalue weighted by atomic mass is 28.4. The second-order valence-corrected chi connectivity index (χ2v) is 16.8. The predicted molar refractivity (Wildman–Crippen MR) is 178 cm³/mol. The Labute approximate surface area is 265 Å². The van der Waals surface area contributed by atoms with Crippen LogP contribution in [0.3, 0.4) is 0 Å². The number of hydrogen-bond acceptors (Lipinski definition) is 6. The van der Waals surface area contributed by atoms with Gasteiger partial charge in [-0.1, -0.05) is 117 Å². The minimum atomic E-state index is -2.90. The van der Waals surface area contributed by atoms with Gasteiger partial charge in [-0.3, -0.25) is 0 Å². The molecule has 0 bridgehead atoms. The third-order valence-corrected chi connectivity index (χ3v) is 13.2. The van der Waals surface area contributed by atoms with Gasteiger partial charge in [-0.25, -0.2) is 0 Å². The molecule has 2 aliphatic heterocycles. The van der Waals surface area contributed by atoms with E-state index in [0.29, 0.717) is 19.6 Å². The highest BCUT2D eigenvalue weighted by Crippen LogP contribution is 2.38. The smallest absolute Gasteiger partial charge is 0.261 e. The van der Waals surface area contributed by atoms with Crippen LogP contribution in [0.5, 0.6) is 0 Å².